The van der Waals surface area contributed by atoms with Crippen molar-refractivity contribution in [1.82, 2.24) is 24.6 Å². The molecule has 0 heterocycles. The molecule has 0 bridgehead atoms. The van der Waals surface area contributed by atoms with E-state index in [2.05, 4.69) is 0 Å². The molecule has 0 amide bonds. The average molecular weight is 255 g/mol. The molecule has 12 N–H and O–H groups in total. The minimum atomic E-state index is 0. The van der Waals surface area contributed by atoms with Crippen molar-refractivity contribution >= 4 is 0 Å². The van der Waals surface area contributed by atoms with Crippen molar-refractivity contribution in [3.63, 3.8) is 0 Å². The van der Waals surface area contributed by atoms with Crippen LogP contribution in [0.3, 0.4) is 0 Å². The van der Waals surface area contributed by atoms with Gasteiger partial charge in [0.05, 0.1) is 0 Å². The van der Waals surface area contributed by atoms with E-state index < -0.39 is 0 Å². The monoisotopic (exact) mass is 254 g/mol. The van der Waals surface area contributed by atoms with Crippen molar-refractivity contribution in [3.8, 4) is 0 Å². The Morgan fingerprint density at radius 3 is 0.750 bits per heavy atom. The largest absolute Gasteiger partial charge is 1.00 e. The Balaban J connectivity index is -0.00000000296. The van der Waals surface area contributed by atoms with Crippen LogP contribution >= 0.6 is 0 Å². The molecule has 0 unspecified atom stereocenters. The smallest absolute Gasteiger partial charge is 0 e. The molecule has 0 fully saturated rings. The Morgan fingerprint density at radius 2 is 0.750 bits per heavy atom. The second-order valence-electron chi connectivity index (χ2n) is 0.149. The first-order chi connectivity index (χ1) is 2.83. The maximum absolute atomic E-state index is 8.00. The standard InChI is InChI=1S/ClH.Co.2HNO2.4H3N/c;;2*2-1-3;;;;/h1H;;2*(H,2,3);4*1H3/p-3. The van der Waals surface area contributed by atoms with E-state index in [4.69, 9.17) is 20.2 Å². The summed E-state index contributed by atoms with van der Waals surface area (Å²) in [4.78, 5) is 16.0. The van der Waals surface area contributed by atoms with Gasteiger partial charge in [-0.3, -0.25) is 0 Å². The number of halogens is 1. The molecule has 1 radical (unpaired) electrons. The fraction of sp³-hybridized carbons (Fsp3) is 0. The molecule has 0 spiro atoms. The van der Waals surface area contributed by atoms with Crippen molar-refractivity contribution in [1.29, 1.82) is 0 Å². The summed E-state index contributed by atoms with van der Waals surface area (Å²) in [6.45, 7) is 0. The van der Waals surface area contributed by atoms with Gasteiger partial charge in [0, 0.05) is 16.8 Å². The van der Waals surface area contributed by atoms with Crippen LogP contribution in [-0.4, -0.2) is 0 Å². The summed E-state index contributed by atoms with van der Waals surface area (Å²) in [5.41, 5.74) is 0. The SMILES string of the molecule is N.N.N.N.O=N[O-].O=N[O-].[Cl-].[Co]. The molecule has 0 saturated heterocycles. The summed E-state index contributed by atoms with van der Waals surface area (Å²) >= 11 is 0. The van der Waals surface area contributed by atoms with Crippen LogP contribution < -0.4 is 37.0 Å². The number of hydrogen-bond donors (Lipinski definition) is 4. The van der Waals surface area contributed by atoms with E-state index in [0.29, 0.717) is 0 Å². The molecule has 0 atom stereocenters. The van der Waals surface area contributed by atoms with Gasteiger partial charge in [0.1, 0.15) is 0 Å². The van der Waals surface area contributed by atoms with Crippen LogP contribution in [0, 0.1) is 20.2 Å². The maximum atomic E-state index is 8.00. The predicted octanol–water partition coefficient (Wildman–Crippen LogP) is -1.85. The topological polar surface area (TPSA) is 245 Å². The van der Waals surface area contributed by atoms with Crippen molar-refractivity contribution < 1.29 is 29.2 Å². The van der Waals surface area contributed by atoms with Gasteiger partial charge in [-0.2, -0.15) is 0 Å². The van der Waals surface area contributed by atoms with Gasteiger partial charge in [-0.15, -0.1) is 10.7 Å². The van der Waals surface area contributed by atoms with Gasteiger partial charge in [-0.05, 0) is 0 Å². The van der Waals surface area contributed by atoms with E-state index in [9.17, 15) is 0 Å². The van der Waals surface area contributed by atoms with Gasteiger partial charge in [0.15, 0.2) is 0 Å². The summed E-state index contributed by atoms with van der Waals surface area (Å²) in [6, 6.07) is 0. The Hall–Kier alpha value is -0.564. The number of rotatable bonds is 0. The number of hydrogen-bond acceptors (Lipinski definition) is 10. The fourth-order valence-electron chi connectivity index (χ4n) is 0. The van der Waals surface area contributed by atoms with Crippen LogP contribution in [0.5, 0.6) is 0 Å². The third-order valence-electron chi connectivity index (χ3n) is 0. The molecule has 0 aromatic carbocycles. The third kappa shape index (κ3) is 2120. The van der Waals surface area contributed by atoms with E-state index in [-0.39, 0.29) is 53.8 Å². The first-order valence-electron chi connectivity index (χ1n) is 0.730. The van der Waals surface area contributed by atoms with Crippen LogP contribution in [0.4, 0.5) is 0 Å². The van der Waals surface area contributed by atoms with Crippen LogP contribution in [-0.2, 0) is 16.8 Å². The summed E-state index contributed by atoms with van der Waals surface area (Å²) in [6.07, 6.45) is 0. The fourth-order valence-corrected chi connectivity index (χ4v) is 0. The van der Waals surface area contributed by atoms with Crippen molar-refractivity contribution in [3.05, 3.63) is 20.2 Å². The Bertz CT molecular complexity index is 40.5. The van der Waals surface area contributed by atoms with Crippen molar-refractivity contribution in [2.45, 2.75) is 0 Å². The summed E-state index contributed by atoms with van der Waals surface area (Å²) in [5, 5.41) is 18.0. The van der Waals surface area contributed by atoms with Gasteiger partial charge in [0.25, 0.3) is 0 Å². The zero-order valence-electron chi connectivity index (χ0n) is 6.07. The third-order valence-corrected chi connectivity index (χ3v) is 0. The van der Waals surface area contributed by atoms with Crippen LogP contribution in [0.15, 0.2) is 10.7 Å². The Labute approximate surface area is 85.3 Å². The second-order valence-corrected chi connectivity index (χ2v) is 0.149. The molecule has 0 aliphatic rings. The molecule has 0 saturated carbocycles. The second kappa shape index (κ2) is 450. The molecule has 0 aromatic heterocycles. The van der Waals surface area contributed by atoms with E-state index in [1.165, 1.54) is 0 Å². The normalized spacial score (nSPS) is 2.00. The minimum Gasteiger partial charge on any atom is -1.00 e. The summed E-state index contributed by atoms with van der Waals surface area (Å²) in [5.74, 6) is 0. The van der Waals surface area contributed by atoms with Crippen molar-refractivity contribution in [2.75, 3.05) is 0 Å². The molecular weight excluding hydrogens is 242 g/mol. The van der Waals surface area contributed by atoms with Gasteiger partial charge in [-0.1, -0.05) is 0 Å². The predicted molar refractivity (Wildman–Crippen MR) is 38.4 cm³/mol. The summed E-state index contributed by atoms with van der Waals surface area (Å²) in [7, 11) is 0. The van der Waals surface area contributed by atoms with Gasteiger partial charge < -0.3 is 57.2 Å². The van der Waals surface area contributed by atoms with Gasteiger partial charge >= 0.3 is 0 Å². The molecule has 10 nitrogen and oxygen atoms in total. The summed E-state index contributed by atoms with van der Waals surface area (Å²) < 4.78 is 0. The Kier molecular flexibility index (Phi) is 3960. The maximum Gasteiger partial charge on any atom is 0 e. The van der Waals surface area contributed by atoms with Gasteiger partial charge in [0.2, 0.25) is 0 Å². The molecule has 0 aromatic rings. The van der Waals surface area contributed by atoms with E-state index in [1.54, 1.807) is 0 Å². The molecule has 12 heteroatoms. The van der Waals surface area contributed by atoms with Crippen LogP contribution in [0.2, 0.25) is 0 Å². The molecule has 85 valence electrons. The van der Waals surface area contributed by atoms with E-state index >= 15 is 0 Å². The van der Waals surface area contributed by atoms with Crippen molar-refractivity contribution in [2.24, 2.45) is 10.7 Å². The van der Waals surface area contributed by atoms with E-state index in [0.717, 1.165) is 10.7 Å². The van der Waals surface area contributed by atoms with Crippen LogP contribution in [0.25, 0.3) is 0 Å². The van der Waals surface area contributed by atoms with Gasteiger partial charge in [-0.25, -0.2) is 0 Å². The minimum absolute atomic E-state index is 0. The molecule has 0 aliphatic heterocycles. The first-order valence-corrected chi connectivity index (χ1v) is 0.730. The Morgan fingerprint density at radius 1 is 0.750 bits per heavy atom. The zero-order valence-corrected chi connectivity index (χ0v) is 7.86. The zero-order chi connectivity index (χ0) is 5.41. The molecular formula is H12ClCoN6O4-3. The quantitative estimate of drug-likeness (QED) is 0.281. The molecule has 0 rings (SSSR count). The first kappa shape index (κ1) is 105. The number of nitrogens with zero attached hydrogens (tertiary/aromatic N) is 2. The molecule has 0 aliphatic carbocycles. The van der Waals surface area contributed by atoms with Crippen LogP contribution in [0.1, 0.15) is 0 Å². The molecule has 12 heavy (non-hydrogen) atoms. The average Bonchev–Trinajstić information content (AvgIpc) is 1.39. The van der Waals surface area contributed by atoms with E-state index in [1.807, 2.05) is 0 Å².